The maximum Gasteiger partial charge on any atom is 0.408 e. The van der Waals surface area contributed by atoms with Crippen LogP contribution in [-0.2, 0) is 16.1 Å². The number of carbonyl (C=O) groups excluding carboxylic acids is 2. The van der Waals surface area contributed by atoms with E-state index in [0.717, 1.165) is 36.3 Å². The normalized spacial score (nSPS) is 14.9. The second-order valence-corrected chi connectivity index (χ2v) is 8.70. The van der Waals surface area contributed by atoms with Crippen molar-refractivity contribution in [2.75, 3.05) is 18.4 Å². The third-order valence-electron chi connectivity index (χ3n) is 5.66. The first kappa shape index (κ1) is 24.4. The van der Waals surface area contributed by atoms with Gasteiger partial charge in [0.15, 0.2) is 0 Å². The molecule has 0 aromatic heterocycles. The average molecular weight is 454 g/mol. The fraction of sp³-hybridized carbons (Fsp3) is 0.462. The second-order valence-electron chi connectivity index (χ2n) is 8.70. The van der Waals surface area contributed by atoms with Crippen molar-refractivity contribution in [1.82, 2.24) is 10.6 Å². The van der Waals surface area contributed by atoms with E-state index in [1.54, 1.807) is 0 Å². The summed E-state index contributed by atoms with van der Waals surface area (Å²) >= 11 is 0. The zero-order valence-corrected chi connectivity index (χ0v) is 19.6. The summed E-state index contributed by atoms with van der Waals surface area (Å²) in [5.41, 5.74) is 0.946. The number of hydrogen-bond acceptors (Lipinski definition) is 5. The number of benzene rings is 2. The summed E-state index contributed by atoms with van der Waals surface area (Å²) in [5.74, 6) is 0.676. The Morgan fingerprint density at radius 3 is 2.30 bits per heavy atom. The van der Waals surface area contributed by atoms with Gasteiger partial charge in [-0.05, 0) is 56.5 Å². The number of hydrogen-bond donors (Lipinski definition) is 3. The van der Waals surface area contributed by atoms with Crippen LogP contribution >= 0.6 is 0 Å². The van der Waals surface area contributed by atoms with Crippen molar-refractivity contribution in [2.24, 2.45) is 0 Å². The predicted molar refractivity (Wildman–Crippen MR) is 129 cm³/mol. The Hall–Kier alpha value is -3.22. The first-order valence-electron chi connectivity index (χ1n) is 11.7. The molecule has 1 aliphatic carbocycles. The molecule has 3 rings (SSSR count). The molecule has 0 bridgehead atoms. The van der Waals surface area contributed by atoms with Crippen LogP contribution in [0.4, 0.5) is 10.5 Å². The van der Waals surface area contributed by atoms with E-state index in [2.05, 4.69) is 16.0 Å². The number of carbonyl (C=O) groups is 2. The highest BCUT2D eigenvalue weighted by Crippen LogP contribution is 2.28. The van der Waals surface area contributed by atoms with Crippen LogP contribution in [0.1, 0.15) is 51.5 Å². The van der Waals surface area contributed by atoms with Crippen molar-refractivity contribution in [1.29, 1.82) is 0 Å². The number of anilines is 1. The summed E-state index contributed by atoms with van der Waals surface area (Å²) in [5, 5.41) is 9.15. The highest BCUT2D eigenvalue weighted by atomic mass is 16.5. The number of ether oxygens (including phenoxy) is 2. The summed E-state index contributed by atoms with van der Waals surface area (Å²) in [6.07, 6.45) is 3.67. The first-order valence-corrected chi connectivity index (χ1v) is 11.7. The molecule has 3 N–H and O–H groups in total. The molecule has 2 aromatic carbocycles. The monoisotopic (exact) mass is 453 g/mol. The van der Waals surface area contributed by atoms with Crippen LogP contribution in [-0.4, -0.2) is 36.7 Å². The van der Waals surface area contributed by atoms with E-state index in [9.17, 15) is 9.59 Å². The zero-order chi connectivity index (χ0) is 23.5. The van der Waals surface area contributed by atoms with Gasteiger partial charge < -0.3 is 25.4 Å². The van der Waals surface area contributed by atoms with Crippen LogP contribution in [0.3, 0.4) is 0 Å². The van der Waals surface area contributed by atoms with E-state index in [0.29, 0.717) is 25.9 Å². The van der Waals surface area contributed by atoms with Gasteiger partial charge in [-0.2, -0.15) is 0 Å². The first-order chi connectivity index (χ1) is 16.0. The molecule has 0 aliphatic heterocycles. The van der Waals surface area contributed by atoms with Gasteiger partial charge in [0.25, 0.3) is 0 Å². The van der Waals surface area contributed by atoms with E-state index >= 15 is 0 Å². The van der Waals surface area contributed by atoms with Crippen molar-refractivity contribution in [3.8, 4) is 5.75 Å². The summed E-state index contributed by atoms with van der Waals surface area (Å²) in [6, 6.07) is 17.2. The molecule has 0 atom stereocenters. The zero-order valence-electron chi connectivity index (χ0n) is 19.6. The molecule has 33 heavy (non-hydrogen) atoms. The topological polar surface area (TPSA) is 88.7 Å². The molecular weight excluding hydrogens is 418 g/mol. The van der Waals surface area contributed by atoms with Crippen LogP contribution < -0.4 is 20.7 Å². The second kappa shape index (κ2) is 12.1. The lowest BCUT2D eigenvalue weighted by molar-refractivity contribution is -0.128. The van der Waals surface area contributed by atoms with Crippen molar-refractivity contribution >= 4 is 17.7 Å². The highest BCUT2D eigenvalue weighted by molar-refractivity contribution is 5.90. The van der Waals surface area contributed by atoms with Crippen molar-refractivity contribution in [3.05, 3.63) is 60.2 Å². The van der Waals surface area contributed by atoms with E-state index in [4.69, 9.17) is 9.47 Å². The van der Waals surface area contributed by atoms with Crippen LogP contribution in [0.2, 0.25) is 0 Å². The Labute approximate surface area is 196 Å². The van der Waals surface area contributed by atoms with Gasteiger partial charge in [-0.1, -0.05) is 49.6 Å². The maximum atomic E-state index is 13.1. The van der Waals surface area contributed by atoms with E-state index < -0.39 is 11.6 Å². The molecule has 0 unspecified atom stereocenters. The summed E-state index contributed by atoms with van der Waals surface area (Å²) in [4.78, 5) is 25.5. The SMILES string of the molecule is CC(C)Oc1ccc(NCCNC(=O)C2(NC(=O)OCc3ccccc3)CCCCC2)cc1. The van der Waals surface area contributed by atoms with Gasteiger partial charge in [-0.3, -0.25) is 4.79 Å². The van der Waals surface area contributed by atoms with Crippen LogP contribution in [0, 0.1) is 0 Å². The molecule has 178 valence electrons. The van der Waals surface area contributed by atoms with Gasteiger partial charge in [-0.15, -0.1) is 0 Å². The van der Waals surface area contributed by atoms with Gasteiger partial charge in [-0.25, -0.2) is 4.79 Å². The molecule has 0 radical (unpaired) electrons. The standard InChI is InChI=1S/C26H35N3O4/c1-20(2)33-23-13-11-22(12-14-23)27-17-18-28-24(30)26(15-7-4-8-16-26)29-25(31)32-19-21-9-5-3-6-10-21/h3,5-6,9-14,20,27H,4,7-8,15-19H2,1-2H3,(H,28,30)(H,29,31). The molecule has 2 aromatic rings. The Balaban J connectivity index is 1.46. The molecule has 1 fully saturated rings. The number of rotatable bonds is 10. The Kier molecular flexibility index (Phi) is 8.98. The van der Waals surface area contributed by atoms with E-state index in [1.807, 2.05) is 68.4 Å². The minimum atomic E-state index is -0.915. The van der Waals surface area contributed by atoms with Gasteiger partial charge in [0.05, 0.1) is 6.10 Å². The molecule has 1 saturated carbocycles. The average Bonchev–Trinajstić information content (AvgIpc) is 2.82. The summed E-state index contributed by atoms with van der Waals surface area (Å²) in [6.45, 7) is 5.18. The third-order valence-corrected chi connectivity index (χ3v) is 5.66. The molecular formula is C26H35N3O4. The highest BCUT2D eigenvalue weighted by Gasteiger charge is 2.41. The van der Waals surface area contributed by atoms with Crippen molar-refractivity contribution < 1.29 is 19.1 Å². The molecule has 1 aliphatic rings. The number of nitrogens with one attached hydrogen (secondary N) is 3. The minimum Gasteiger partial charge on any atom is -0.491 e. The lowest BCUT2D eigenvalue weighted by Gasteiger charge is -2.36. The van der Waals surface area contributed by atoms with Crippen LogP contribution in [0.25, 0.3) is 0 Å². The molecule has 0 spiro atoms. The number of amides is 2. The Morgan fingerprint density at radius 2 is 1.64 bits per heavy atom. The maximum absolute atomic E-state index is 13.1. The van der Waals surface area contributed by atoms with E-state index in [-0.39, 0.29) is 18.6 Å². The van der Waals surface area contributed by atoms with Gasteiger partial charge in [0, 0.05) is 18.8 Å². The third kappa shape index (κ3) is 7.70. The van der Waals surface area contributed by atoms with E-state index in [1.165, 1.54) is 0 Å². The fourth-order valence-corrected chi connectivity index (χ4v) is 3.99. The fourth-order valence-electron chi connectivity index (χ4n) is 3.99. The Morgan fingerprint density at radius 1 is 0.939 bits per heavy atom. The smallest absolute Gasteiger partial charge is 0.408 e. The molecule has 2 amide bonds. The van der Waals surface area contributed by atoms with Crippen LogP contribution in [0.15, 0.2) is 54.6 Å². The lowest BCUT2D eigenvalue weighted by Crippen LogP contribution is -2.60. The van der Waals surface area contributed by atoms with Gasteiger partial charge >= 0.3 is 6.09 Å². The quantitative estimate of drug-likeness (QED) is 0.457. The summed E-state index contributed by atoms with van der Waals surface area (Å²) < 4.78 is 11.0. The van der Waals surface area contributed by atoms with Crippen LogP contribution in [0.5, 0.6) is 5.75 Å². The molecule has 7 nitrogen and oxygen atoms in total. The Bertz CT molecular complexity index is 878. The van der Waals surface area contributed by atoms with Crippen molar-refractivity contribution in [2.45, 2.75) is 64.2 Å². The van der Waals surface area contributed by atoms with Gasteiger partial charge in [0.2, 0.25) is 5.91 Å². The number of alkyl carbamates (subject to hydrolysis) is 1. The molecule has 0 heterocycles. The predicted octanol–water partition coefficient (Wildman–Crippen LogP) is 4.63. The lowest BCUT2D eigenvalue weighted by atomic mass is 9.81. The van der Waals surface area contributed by atoms with Gasteiger partial charge in [0.1, 0.15) is 17.9 Å². The summed E-state index contributed by atoms with van der Waals surface area (Å²) in [7, 11) is 0. The molecule has 0 saturated heterocycles. The molecule has 7 heteroatoms. The largest absolute Gasteiger partial charge is 0.491 e. The van der Waals surface area contributed by atoms with Crippen molar-refractivity contribution in [3.63, 3.8) is 0 Å². The minimum absolute atomic E-state index is 0.135.